The fourth-order valence-corrected chi connectivity index (χ4v) is 1.83. The average Bonchev–Trinajstić information content (AvgIpc) is 2.40. The number of benzene rings is 1. The Morgan fingerprint density at radius 3 is 2.26 bits per heavy atom. The molecule has 19 heavy (non-hydrogen) atoms. The van der Waals surface area contributed by atoms with Crippen molar-refractivity contribution < 1.29 is 9.90 Å². The van der Waals surface area contributed by atoms with Gasteiger partial charge in [0.15, 0.2) is 0 Å². The number of carboxylic acids is 1. The molecule has 0 spiro atoms. The first-order chi connectivity index (χ1) is 9.09. The number of nitrogens with two attached hydrogens (primary N) is 2. The molecule has 0 saturated carbocycles. The highest BCUT2D eigenvalue weighted by molar-refractivity contribution is 5.77. The molecule has 2 atom stereocenters. The number of nitrogens with zero attached hydrogens (tertiary/aromatic N) is 2. The van der Waals surface area contributed by atoms with Crippen LogP contribution in [-0.2, 0) is 4.79 Å². The van der Waals surface area contributed by atoms with E-state index in [1.54, 1.807) is 24.3 Å². The molecule has 0 aliphatic rings. The van der Waals surface area contributed by atoms with E-state index in [9.17, 15) is 9.90 Å². The van der Waals surface area contributed by atoms with Gasteiger partial charge in [-0.15, -0.1) is 0 Å². The molecule has 5 N–H and O–H groups in total. The third-order valence-corrected chi connectivity index (χ3v) is 2.77. The molecule has 0 bridgehead atoms. The maximum absolute atomic E-state index is 11.4. The van der Waals surface area contributed by atoms with Crippen LogP contribution in [-0.4, -0.2) is 21.0 Å². The van der Waals surface area contributed by atoms with Crippen LogP contribution in [0.1, 0.15) is 23.3 Å². The molecule has 0 saturated heterocycles. The molecule has 0 aliphatic carbocycles. The Balaban J connectivity index is 2.35. The van der Waals surface area contributed by atoms with E-state index in [2.05, 4.69) is 9.97 Å². The van der Waals surface area contributed by atoms with Gasteiger partial charge in [0.05, 0.1) is 24.1 Å². The van der Waals surface area contributed by atoms with Crippen molar-refractivity contribution in [2.24, 2.45) is 5.73 Å². The lowest BCUT2D eigenvalue weighted by Crippen LogP contribution is -2.28. The molecule has 0 aliphatic heterocycles. The lowest BCUT2D eigenvalue weighted by molar-refractivity contribution is -0.139. The van der Waals surface area contributed by atoms with Gasteiger partial charge in [0.2, 0.25) is 0 Å². The lowest BCUT2D eigenvalue weighted by Gasteiger charge is -2.19. The van der Waals surface area contributed by atoms with Crippen molar-refractivity contribution in [3.8, 4) is 0 Å². The van der Waals surface area contributed by atoms with E-state index in [0.29, 0.717) is 11.3 Å². The Labute approximate surface area is 110 Å². The monoisotopic (exact) mass is 258 g/mol. The van der Waals surface area contributed by atoms with Crippen molar-refractivity contribution in [2.75, 3.05) is 5.73 Å². The Kier molecular flexibility index (Phi) is 3.72. The predicted octanol–water partition coefficient (Wildman–Crippen LogP) is 0.927. The first-order valence-electron chi connectivity index (χ1n) is 5.70. The third kappa shape index (κ3) is 2.86. The molecule has 1 aromatic heterocycles. The first kappa shape index (κ1) is 13.0. The van der Waals surface area contributed by atoms with Gasteiger partial charge >= 0.3 is 5.97 Å². The molecule has 0 radical (unpaired) electrons. The second-order valence-electron chi connectivity index (χ2n) is 4.13. The van der Waals surface area contributed by atoms with Crippen molar-refractivity contribution in [2.45, 2.75) is 12.0 Å². The van der Waals surface area contributed by atoms with Crippen molar-refractivity contribution in [1.82, 2.24) is 9.97 Å². The molecule has 2 rings (SSSR count). The molecule has 1 heterocycles. The van der Waals surface area contributed by atoms with Crippen LogP contribution in [0.4, 0.5) is 5.69 Å². The summed E-state index contributed by atoms with van der Waals surface area (Å²) in [7, 11) is 0. The van der Waals surface area contributed by atoms with Crippen LogP contribution in [0, 0.1) is 0 Å². The van der Waals surface area contributed by atoms with Gasteiger partial charge in [-0.3, -0.25) is 4.79 Å². The minimum Gasteiger partial charge on any atom is -0.481 e. The summed E-state index contributed by atoms with van der Waals surface area (Å²) in [5.74, 6) is -1.66. The Morgan fingerprint density at radius 2 is 1.74 bits per heavy atom. The van der Waals surface area contributed by atoms with Crippen LogP contribution in [0.25, 0.3) is 0 Å². The van der Waals surface area contributed by atoms with E-state index in [1.165, 1.54) is 12.4 Å². The highest BCUT2D eigenvalue weighted by Crippen LogP contribution is 2.27. The predicted molar refractivity (Wildman–Crippen MR) is 70.2 cm³/mol. The molecule has 1 aromatic carbocycles. The molecule has 0 amide bonds. The van der Waals surface area contributed by atoms with Crippen LogP contribution in [0.2, 0.25) is 0 Å². The van der Waals surface area contributed by atoms with Crippen molar-refractivity contribution in [3.63, 3.8) is 0 Å². The zero-order valence-electron chi connectivity index (χ0n) is 10.1. The summed E-state index contributed by atoms with van der Waals surface area (Å²) in [6.07, 6.45) is 2.82. The third-order valence-electron chi connectivity index (χ3n) is 2.77. The van der Waals surface area contributed by atoms with E-state index >= 15 is 0 Å². The second kappa shape index (κ2) is 5.45. The van der Waals surface area contributed by atoms with Crippen LogP contribution in [0.15, 0.2) is 42.7 Å². The van der Waals surface area contributed by atoms with Crippen LogP contribution < -0.4 is 11.5 Å². The van der Waals surface area contributed by atoms with Gasteiger partial charge in [0.1, 0.15) is 11.7 Å². The number of aliphatic carboxylic acids is 1. The number of carbonyl (C=O) groups is 1. The van der Waals surface area contributed by atoms with Crippen LogP contribution in [0.3, 0.4) is 0 Å². The zero-order valence-corrected chi connectivity index (χ0v) is 10.1. The smallest absolute Gasteiger partial charge is 0.313 e. The van der Waals surface area contributed by atoms with E-state index in [4.69, 9.17) is 11.5 Å². The summed E-state index contributed by atoms with van der Waals surface area (Å²) < 4.78 is 0. The van der Waals surface area contributed by atoms with E-state index < -0.39 is 17.9 Å². The number of aromatic nitrogens is 2. The van der Waals surface area contributed by atoms with E-state index in [-0.39, 0.29) is 5.82 Å². The Hall–Kier alpha value is -2.47. The number of hydrogen-bond donors (Lipinski definition) is 3. The summed E-state index contributed by atoms with van der Waals surface area (Å²) in [6.45, 7) is 0. The molecule has 0 fully saturated rings. The standard InChI is InChI=1S/C13H14N4O2/c14-9-6-16-12(17-7-9)11(15)10(13(18)19)8-4-2-1-3-5-8/h1-7,10-11H,14-15H2,(H,18,19). The zero-order chi connectivity index (χ0) is 13.8. The Bertz CT molecular complexity index is 557. The van der Waals surface area contributed by atoms with Gasteiger partial charge in [0.25, 0.3) is 0 Å². The number of nitrogen functional groups attached to an aromatic ring is 1. The van der Waals surface area contributed by atoms with Crippen LogP contribution in [0.5, 0.6) is 0 Å². The lowest BCUT2D eigenvalue weighted by atomic mass is 9.91. The fraction of sp³-hybridized carbons (Fsp3) is 0.154. The molecule has 6 heteroatoms. The maximum atomic E-state index is 11.4. The van der Waals surface area contributed by atoms with Gasteiger partial charge in [-0.2, -0.15) is 0 Å². The number of rotatable bonds is 4. The van der Waals surface area contributed by atoms with E-state index in [0.717, 1.165) is 0 Å². The first-order valence-corrected chi connectivity index (χ1v) is 5.70. The van der Waals surface area contributed by atoms with Gasteiger partial charge < -0.3 is 16.6 Å². The maximum Gasteiger partial charge on any atom is 0.313 e. The minimum absolute atomic E-state index is 0.255. The fourth-order valence-electron chi connectivity index (χ4n) is 1.83. The molecule has 98 valence electrons. The summed E-state index contributed by atoms with van der Waals surface area (Å²) >= 11 is 0. The summed E-state index contributed by atoms with van der Waals surface area (Å²) in [6, 6.07) is 7.95. The SMILES string of the molecule is Nc1cnc(C(N)C(C(=O)O)c2ccccc2)nc1. The van der Waals surface area contributed by atoms with Gasteiger partial charge in [-0.25, -0.2) is 9.97 Å². The van der Waals surface area contributed by atoms with Crippen LogP contribution >= 0.6 is 0 Å². The highest BCUT2D eigenvalue weighted by atomic mass is 16.4. The summed E-state index contributed by atoms with van der Waals surface area (Å²) in [5, 5.41) is 9.35. The van der Waals surface area contributed by atoms with Crippen molar-refractivity contribution in [3.05, 3.63) is 54.1 Å². The normalized spacial score (nSPS) is 13.7. The Morgan fingerprint density at radius 1 is 1.16 bits per heavy atom. The van der Waals surface area contributed by atoms with E-state index in [1.807, 2.05) is 6.07 Å². The molecular formula is C13H14N4O2. The average molecular weight is 258 g/mol. The summed E-state index contributed by atoms with van der Waals surface area (Å²) in [4.78, 5) is 19.4. The number of carboxylic acid groups (broad SMARTS) is 1. The topological polar surface area (TPSA) is 115 Å². The van der Waals surface area contributed by atoms with Gasteiger partial charge in [0, 0.05) is 0 Å². The summed E-state index contributed by atoms with van der Waals surface area (Å²) in [5.41, 5.74) is 12.5. The number of anilines is 1. The minimum atomic E-state index is -1.01. The largest absolute Gasteiger partial charge is 0.481 e. The quantitative estimate of drug-likeness (QED) is 0.751. The molecule has 2 aromatic rings. The molecule has 6 nitrogen and oxygen atoms in total. The number of hydrogen-bond acceptors (Lipinski definition) is 5. The van der Waals surface area contributed by atoms with Gasteiger partial charge in [-0.1, -0.05) is 30.3 Å². The van der Waals surface area contributed by atoms with Gasteiger partial charge in [-0.05, 0) is 5.56 Å². The molecule has 2 unspecified atom stereocenters. The second-order valence-corrected chi connectivity index (χ2v) is 4.13. The van der Waals surface area contributed by atoms with Crippen molar-refractivity contribution >= 4 is 11.7 Å². The highest BCUT2D eigenvalue weighted by Gasteiger charge is 2.29. The molecular weight excluding hydrogens is 244 g/mol. The van der Waals surface area contributed by atoms with Crippen molar-refractivity contribution in [1.29, 1.82) is 0 Å².